The molecule has 1 aliphatic rings. The third-order valence-electron chi connectivity index (χ3n) is 4.83. The quantitative estimate of drug-likeness (QED) is 0.334. The molecule has 1 saturated carbocycles. The van der Waals surface area contributed by atoms with E-state index in [1.165, 1.54) is 7.11 Å². The minimum atomic E-state index is -1.85. The summed E-state index contributed by atoms with van der Waals surface area (Å²) >= 11 is 0. The van der Waals surface area contributed by atoms with Crippen molar-refractivity contribution in [3.63, 3.8) is 0 Å². The van der Waals surface area contributed by atoms with Crippen molar-refractivity contribution in [3.05, 3.63) is 23.8 Å². The Balaban J connectivity index is 2.92. The van der Waals surface area contributed by atoms with Crippen molar-refractivity contribution in [1.82, 2.24) is 0 Å². The topological polar surface area (TPSA) is 35.5 Å². The number of methoxy groups -OCH3 is 1. The molecule has 0 aromatic heterocycles. The van der Waals surface area contributed by atoms with E-state index in [1.54, 1.807) is 6.08 Å². The third-order valence-corrected chi connectivity index (χ3v) is 9.31. The molecular weight excluding hydrogens is 280 g/mol. The number of carbonyl (C=O) groups excluding carboxylic acids is 1. The minimum absolute atomic E-state index is 0.0190. The lowest BCUT2D eigenvalue weighted by molar-refractivity contribution is -0.134. The lowest BCUT2D eigenvalue weighted by Crippen LogP contribution is -2.45. The molecule has 0 bridgehead atoms. The van der Waals surface area contributed by atoms with Crippen molar-refractivity contribution in [2.24, 2.45) is 5.92 Å². The lowest BCUT2D eigenvalue weighted by atomic mass is 9.81. The second-order valence-electron chi connectivity index (χ2n) is 7.58. The van der Waals surface area contributed by atoms with Crippen LogP contribution < -0.4 is 0 Å². The van der Waals surface area contributed by atoms with Gasteiger partial charge in [-0.25, -0.2) is 4.79 Å². The van der Waals surface area contributed by atoms with Gasteiger partial charge < -0.3 is 9.16 Å². The number of carbonyl (C=O) groups is 1. The molecule has 0 unspecified atom stereocenters. The van der Waals surface area contributed by atoms with Gasteiger partial charge in [-0.05, 0) is 42.5 Å². The smallest absolute Gasteiger partial charge is 0.330 e. The van der Waals surface area contributed by atoms with Crippen LogP contribution in [0.5, 0.6) is 0 Å². The molecular formula is C17H30O3Si. The van der Waals surface area contributed by atoms with Gasteiger partial charge in [0.25, 0.3) is 0 Å². The van der Waals surface area contributed by atoms with E-state index in [9.17, 15) is 4.79 Å². The Morgan fingerprint density at radius 3 is 2.38 bits per heavy atom. The molecule has 0 spiro atoms. The molecule has 2 atom stereocenters. The van der Waals surface area contributed by atoms with Crippen LogP contribution in [0.1, 0.15) is 40.5 Å². The Morgan fingerprint density at radius 1 is 1.33 bits per heavy atom. The normalized spacial score (nSPS) is 26.0. The monoisotopic (exact) mass is 310 g/mol. The van der Waals surface area contributed by atoms with E-state index in [0.717, 1.165) is 24.0 Å². The maximum atomic E-state index is 11.5. The van der Waals surface area contributed by atoms with Gasteiger partial charge in [-0.3, -0.25) is 0 Å². The molecule has 0 aromatic rings. The fraction of sp³-hybridized carbons (Fsp3) is 0.706. The standard InChI is InChI=1S/C17H30O3Si/c1-12-9-14(11-16(18)19-6)10-15(13(12)2)20-21(7,8)17(3,4)5/h11-12,15H,2,9-10H2,1,3-8H3/b14-11-/t12-,15-/m1/s1. The first kappa shape index (κ1) is 18.2. The van der Waals surface area contributed by atoms with E-state index in [2.05, 4.69) is 47.4 Å². The van der Waals surface area contributed by atoms with Gasteiger partial charge in [0.1, 0.15) is 0 Å². The lowest BCUT2D eigenvalue weighted by Gasteiger charge is -2.42. The fourth-order valence-electron chi connectivity index (χ4n) is 2.29. The number of rotatable bonds is 3. The summed E-state index contributed by atoms with van der Waals surface area (Å²) in [6, 6.07) is 0. The molecule has 3 nitrogen and oxygen atoms in total. The summed E-state index contributed by atoms with van der Waals surface area (Å²) < 4.78 is 11.3. The zero-order valence-electron chi connectivity index (χ0n) is 14.6. The van der Waals surface area contributed by atoms with Gasteiger partial charge in [0.05, 0.1) is 13.2 Å². The van der Waals surface area contributed by atoms with E-state index in [4.69, 9.17) is 9.16 Å². The summed E-state index contributed by atoms with van der Waals surface area (Å²) in [7, 11) is -0.435. The van der Waals surface area contributed by atoms with E-state index >= 15 is 0 Å². The summed E-state index contributed by atoms with van der Waals surface area (Å²) in [4.78, 5) is 11.5. The van der Waals surface area contributed by atoms with Crippen LogP contribution in [-0.2, 0) is 14.0 Å². The van der Waals surface area contributed by atoms with Crippen LogP contribution in [0.15, 0.2) is 23.8 Å². The molecule has 1 aliphatic carbocycles. The van der Waals surface area contributed by atoms with E-state index < -0.39 is 8.32 Å². The van der Waals surface area contributed by atoms with Crippen LogP contribution in [-0.4, -0.2) is 27.5 Å². The SMILES string of the molecule is C=C1[C@H](C)C/C(=C/C(=O)OC)C[C@H]1O[Si](C)(C)C(C)(C)C. The molecule has 0 amide bonds. The second kappa shape index (κ2) is 6.49. The highest BCUT2D eigenvalue weighted by atomic mass is 28.4. The molecule has 0 heterocycles. The van der Waals surface area contributed by atoms with Crippen molar-refractivity contribution in [1.29, 1.82) is 0 Å². The van der Waals surface area contributed by atoms with Crippen molar-refractivity contribution in [3.8, 4) is 0 Å². The molecule has 0 aliphatic heterocycles. The maximum absolute atomic E-state index is 11.5. The van der Waals surface area contributed by atoms with Crippen LogP contribution in [0.25, 0.3) is 0 Å². The average molecular weight is 311 g/mol. The molecule has 0 saturated heterocycles. The first-order chi connectivity index (χ1) is 9.48. The Hall–Kier alpha value is -0.873. The second-order valence-corrected chi connectivity index (χ2v) is 12.3. The van der Waals surface area contributed by atoms with Gasteiger partial charge in [-0.2, -0.15) is 0 Å². The Bertz CT molecular complexity index is 443. The molecule has 0 aromatic carbocycles. The summed E-state index contributed by atoms with van der Waals surface area (Å²) in [5.41, 5.74) is 2.26. The molecule has 0 radical (unpaired) electrons. The van der Waals surface area contributed by atoms with Gasteiger partial charge in [0.15, 0.2) is 8.32 Å². The van der Waals surface area contributed by atoms with Gasteiger partial charge in [-0.15, -0.1) is 0 Å². The minimum Gasteiger partial charge on any atom is -0.466 e. The van der Waals surface area contributed by atoms with Crippen LogP contribution in [0.3, 0.4) is 0 Å². The van der Waals surface area contributed by atoms with E-state index in [-0.39, 0.29) is 17.1 Å². The van der Waals surface area contributed by atoms with Crippen molar-refractivity contribution in [2.45, 2.75) is 64.8 Å². The van der Waals surface area contributed by atoms with Gasteiger partial charge in [0.2, 0.25) is 0 Å². The highest BCUT2D eigenvalue weighted by Crippen LogP contribution is 2.41. The predicted molar refractivity (Wildman–Crippen MR) is 89.7 cm³/mol. The summed E-state index contributed by atoms with van der Waals surface area (Å²) in [5.74, 6) is 0.0558. The van der Waals surface area contributed by atoms with E-state index in [0.29, 0.717) is 5.92 Å². The van der Waals surface area contributed by atoms with Crippen LogP contribution in [0.2, 0.25) is 18.1 Å². The molecule has 21 heavy (non-hydrogen) atoms. The van der Waals surface area contributed by atoms with Gasteiger partial charge in [0, 0.05) is 6.08 Å². The van der Waals surface area contributed by atoms with Crippen LogP contribution in [0, 0.1) is 5.92 Å². The first-order valence-electron chi connectivity index (χ1n) is 7.62. The molecule has 1 rings (SSSR count). The molecule has 120 valence electrons. The Kier molecular flexibility index (Phi) is 5.61. The Morgan fingerprint density at radius 2 is 1.90 bits per heavy atom. The largest absolute Gasteiger partial charge is 0.466 e. The number of esters is 1. The molecule has 4 heteroatoms. The zero-order chi connectivity index (χ0) is 16.4. The summed E-state index contributed by atoms with van der Waals surface area (Å²) in [5, 5.41) is 0.167. The fourth-order valence-corrected chi connectivity index (χ4v) is 3.59. The highest BCUT2D eigenvalue weighted by molar-refractivity contribution is 6.74. The van der Waals surface area contributed by atoms with E-state index in [1.807, 2.05) is 0 Å². The van der Waals surface area contributed by atoms with Crippen molar-refractivity contribution in [2.75, 3.05) is 7.11 Å². The molecule has 1 fully saturated rings. The van der Waals surface area contributed by atoms with Crippen molar-refractivity contribution >= 4 is 14.3 Å². The molecule has 0 N–H and O–H groups in total. The summed E-state index contributed by atoms with van der Waals surface area (Å²) in [6.45, 7) is 17.6. The van der Waals surface area contributed by atoms with Gasteiger partial charge in [-0.1, -0.05) is 39.8 Å². The number of hydrogen-bond donors (Lipinski definition) is 0. The average Bonchev–Trinajstić information content (AvgIpc) is 2.33. The number of hydrogen-bond acceptors (Lipinski definition) is 3. The van der Waals surface area contributed by atoms with Crippen molar-refractivity contribution < 1.29 is 14.0 Å². The van der Waals surface area contributed by atoms with Crippen LogP contribution in [0.4, 0.5) is 0 Å². The summed E-state index contributed by atoms with van der Waals surface area (Å²) in [6.07, 6.45) is 3.26. The predicted octanol–water partition coefficient (Wildman–Crippen LogP) is 4.46. The third kappa shape index (κ3) is 4.55. The number of ether oxygens (including phenoxy) is 1. The van der Waals surface area contributed by atoms with Gasteiger partial charge >= 0.3 is 5.97 Å². The highest BCUT2D eigenvalue weighted by Gasteiger charge is 2.41. The zero-order valence-corrected chi connectivity index (χ0v) is 15.6. The Labute approximate surface area is 130 Å². The maximum Gasteiger partial charge on any atom is 0.330 e. The first-order valence-corrected chi connectivity index (χ1v) is 10.5. The van der Waals surface area contributed by atoms with Crippen LogP contribution >= 0.6 is 0 Å².